The maximum atomic E-state index is 10.4. The van der Waals surface area contributed by atoms with Crippen LogP contribution in [0.25, 0.3) is 0 Å². The minimum Gasteiger partial charge on any atom is -0.481 e. The Morgan fingerprint density at radius 1 is 1.28 bits per heavy atom. The summed E-state index contributed by atoms with van der Waals surface area (Å²) in [5.41, 5.74) is 0. The van der Waals surface area contributed by atoms with Gasteiger partial charge < -0.3 is 10.0 Å². The number of anilines is 1. The topological polar surface area (TPSA) is 56.7 Å². The van der Waals surface area contributed by atoms with Crippen LogP contribution in [0, 0.1) is 0 Å². The lowest BCUT2D eigenvalue weighted by Crippen LogP contribution is -2.46. The lowest BCUT2D eigenvalue weighted by molar-refractivity contribution is -0.137. The summed E-state index contributed by atoms with van der Waals surface area (Å²) in [7, 11) is 0. The van der Waals surface area contributed by atoms with Crippen LogP contribution < -0.4 is 4.90 Å². The Bertz CT molecular complexity index is 375. The second kappa shape index (κ2) is 6.35. The highest BCUT2D eigenvalue weighted by atomic mass is 16.4. The molecule has 0 unspecified atom stereocenters. The molecule has 1 saturated heterocycles. The van der Waals surface area contributed by atoms with E-state index in [1.807, 2.05) is 24.4 Å². The highest BCUT2D eigenvalue weighted by Gasteiger charge is 2.17. The van der Waals surface area contributed by atoms with E-state index in [2.05, 4.69) is 14.8 Å². The lowest BCUT2D eigenvalue weighted by atomic mass is 10.2. The molecule has 0 atom stereocenters. The second-order valence-corrected chi connectivity index (χ2v) is 4.51. The van der Waals surface area contributed by atoms with Gasteiger partial charge in [-0.15, -0.1) is 0 Å². The molecule has 0 aromatic carbocycles. The predicted octanol–water partition coefficient (Wildman–Crippen LogP) is 1.07. The van der Waals surface area contributed by atoms with Crippen LogP contribution in [0.3, 0.4) is 0 Å². The predicted molar refractivity (Wildman–Crippen MR) is 69.8 cm³/mol. The molecule has 0 amide bonds. The van der Waals surface area contributed by atoms with Crippen LogP contribution in [-0.2, 0) is 4.79 Å². The molecule has 1 aliphatic heterocycles. The average molecular weight is 249 g/mol. The van der Waals surface area contributed by atoms with Crippen LogP contribution in [0.4, 0.5) is 5.82 Å². The van der Waals surface area contributed by atoms with Crippen molar-refractivity contribution < 1.29 is 9.90 Å². The Labute approximate surface area is 107 Å². The first-order valence-corrected chi connectivity index (χ1v) is 6.36. The van der Waals surface area contributed by atoms with Gasteiger partial charge in [-0.05, 0) is 25.1 Å². The largest absolute Gasteiger partial charge is 0.481 e. The standard InChI is InChI=1S/C13H19N3O2/c17-13(18)5-3-7-15-8-10-16(11-9-15)12-4-1-2-6-14-12/h1-2,4,6H,3,5,7-11H2,(H,17,18). The van der Waals surface area contributed by atoms with E-state index in [1.54, 1.807) is 0 Å². The van der Waals surface area contributed by atoms with Crippen LogP contribution in [0.2, 0.25) is 0 Å². The molecule has 5 nitrogen and oxygen atoms in total. The average Bonchev–Trinajstić information content (AvgIpc) is 2.40. The van der Waals surface area contributed by atoms with Crippen molar-refractivity contribution in [2.45, 2.75) is 12.8 Å². The number of aliphatic carboxylic acids is 1. The van der Waals surface area contributed by atoms with Gasteiger partial charge in [0.1, 0.15) is 5.82 Å². The normalized spacial score (nSPS) is 16.8. The summed E-state index contributed by atoms with van der Waals surface area (Å²) in [5.74, 6) is 0.324. The van der Waals surface area contributed by atoms with Crippen LogP contribution in [0.5, 0.6) is 0 Å². The third-order valence-electron chi connectivity index (χ3n) is 3.21. The zero-order valence-electron chi connectivity index (χ0n) is 10.5. The van der Waals surface area contributed by atoms with Crippen LogP contribution >= 0.6 is 0 Å². The van der Waals surface area contributed by atoms with Gasteiger partial charge in [0, 0.05) is 38.8 Å². The zero-order chi connectivity index (χ0) is 12.8. The van der Waals surface area contributed by atoms with Crippen molar-refractivity contribution in [1.82, 2.24) is 9.88 Å². The SMILES string of the molecule is O=C(O)CCCN1CCN(c2ccccn2)CC1. The molecule has 1 aromatic heterocycles. The Hall–Kier alpha value is -1.62. The van der Waals surface area contributed by atoms with E-state index >= 15 is 0 Å². The van der Waals surface area contributed by atoms with E-state index in [0.29, 0.717) is 0 Å². The minimum atomic E-state index is -0.706. The fourth-order valence-corrected chi connectivity index (χ4v) is 2.20. The first-order chi connectivity index (χ1) is 8.75. The van der Waals surface area contributed by atoms with Crippen LogP contribution in [0.1, 0.15) is 12.8 Å². The number of hydrogen-bond acceptors (Lipinski definition) is 4. The van der Waals surface area contributed by atoms with E-state index in [4.69, 9.17) is 5.11 Å². The molecule has 18 heavy (non-hydrogen) atoms. The van der Waals surface area contributed by atoms with Gasteiger partial charge in [0.15, 0.2) is 0 Å². The maximum absolute atomic E-state index is 10.4. The van der Waals surface area contributed by atoms with Gasteiger partial charge in [0.25, 0.3) is 0 Å². The molecule has 1 N–H and O–H groups in total. The molecule has 0 spiro atoms. The first-order valence-electron chi connectivity index (χ1n) is 6.36. The van der Waals surface area contributed by atoms with Gasteiger partial charge in [-0.1, -0.05) is 6.07 Å². The summed E-state index contributed by atoms with van der Waals surface area (Å²) < 4.78 is 0. The van der Waals surface area contributed by atoms with Crippen molar-refractivity contribution in [2.75, 3.05) is 37.6 Å². The van der Waals surface area contributed by atoms with Crippen molar-refractivity contribution in [1.29, 1.82) is 0 Å². The van der Waals surface area contributed by atoms with E-state index in [-0.39, 0.29) is 6.42 Å². The Kier molecular flexibility index (Phi) is 4.52. The molecule has 0 bridgehead atoms. The van der Waals surface area contributed by atoms with Crippen molar-refractivity contribution in [2.24, 2.45) is 0 Å². The molecule has 1 fully saturated rings. The summed E-state index contributed by atoms with van der Waals surface area (Å²) in [6.45, 7) is 4.77. The molecule has 98 valence electrons. The zero-order valence-corrected chi connectivity index (χ0v) is 10.5. The number of hydrogen-bond donors (Lipinski definition) is 1. The fraction of sp³-hybridized carbons (Fsp3) is 0.538. The van der Waals surface area contributed by atoms with Gasteiger partial charge in [0.05, 0.1) is 0 Å². The summed E-state index contributed by atoms with van der Waals surface area (Å²) in [6.07, 6.45) is 2.81. The molecular weight excluding hydrogens is 230 g/mol. The molecule has 0 saturated carbocycles. The third-order valence-corrected chi connectivity index (χ3v) is 3.21. The molecule has 0 radical (unpaired) electrons. The quantitative estimate of drug-likeness (QED) is 0.846. The number of carbonyl (C=O) groups is 1. The molecule has 0 aliphatic carbocycles. The molecule has 2 rings (SSSR count). The summed E-state index contributed by atoms with van der Waals surface area (Å²) in [5, 5.41) is 8.60. The lowest BCUT2D eigenvalue weighted by Gasteiger charge is -2.35. The second-order valence-electron chi connectivity index (χ2n) is 4.51. The highest BCUT2D eigenvalue weighted by molar-refractivity contribution is 5.66. The van der Waals surface area contributed by atoms with Gasteiger partial charge >= 0.3 is 5.97 Å². The fourth-order valence-electron chi connectivity index (χ4n) is 2.20. The molecule has 5 heteroatoms. The van der Waals surface area contributed by atoms with Crippen LogP contribution in [0.15, 0.2) is 24.4 Å². The summed E-state index contributed by atoms with van der Waals surface area (Å²) >= 11 is 0. The molecule has 1 aliphatic rings. The van der Waals surface area contributed by atoms with Crippen molar-refractivity contribution >= 4 is 11.8 Å². The number of pyridine rings is 1. The summed E-state index contributed by atoms with van der Waals surface area (Å²) in [6, 6.07) is 5.95. The van der Waals surface area contributed by atoms with Crippen molar-refractivity contribution in [3.8, 4) is 0 Å². The molecule has 1 aromatic rings. The number of nitrogens with zero attached hydrogens (tertiary/aromatic N) is 3. The van der Waals surface area contributed by atoms with Gasteiger partial charge in [-0.25, -0.2) is 4.98 Å². The van der Waals surface area contributed by atoms with Crippen LogP contribution in [-0.4, -0.2) is 53.7 Å². The number of piperazine rings is 1. The van der Waals surface area contributed by atoms with Crippen molar-refractivity contribution in [3.05, 3.63) is 24.4 Å². The van der Waals surface area contributed by atoms with E-state index in [9.17, 15) is 4.79 Å². The Balaban J connectivity index is 1.73. The number of rotatable bonds is 5. The maximum Gasteiger partial charge on any atom is 0.303 e. The minimum absolute atomic E-state index is 0.264. The third kappa shape index (κ3) is 3.70. The van der Waals surface area contributed by atoms with E-state index < -0.39 is 5.97 Å². The molecular formula is C13H19N3O2. The molecule has 2 heterocycles. The number of carboxylic acids is 1. The first kappa shape index (κ1) is 12.8. The van der Waals surface area contributed by atoms with Crippen molar-refractivity contribution in [3.63, 3.8) is 0 Å². The number of aromatic nitrogens is 1. The number of carboxylic acid groups (broad SMARTS) is 1. The monoisotopic (exact) mass is 249 g/mol. The van der Waals surface area contributed by atoms with Gasteiger partial charge in [-0.2, -0.15) is 0 Å². The van der Waals surface area contributed by atoms with E-state index in [1.165, 1.54) is 0 Å². The Morgan fingerprint density at radius 2 is 2.06 bits per heavy atom. The Morgan fingerprint density at radius 3 is 2.67 bits per heavy atom. The van der Waals surface area contributed by atoms with Gasteiger partial charge in [-0.3, -0.25) is 9.69 Å². The highest BCUT2D eigenvalue weighted by Crippen LogP contribution is 2.12. The smallest absolute Gasteiger partial charge is 0.303 e. The van der Waals surface area contributed by atoms with Gasteiger partial charge in [0.2, 0.25) is 0 Å². The van der Waals surface area contributed by atoms with E-state index in [0.717, 1.165) is 45.0 Å². The summed E-state index contributed by atoms with van der Waals surface area (Å²) in [4.78, 5) is 19.4.